The van der Waals surface area contributed by atoms with Crippen LogP contribution in [0.1, 0.15) is 33.6 Å². The summed E-state index contributed by atoms with van der Waals surface area (Å²) in [6, 6.07) is 3.31. The summed E-state index contributed by atoms with van der Waals surface area (Å²) in [5.41, 5.74) is -0.777. The SMILES string of the molecule is CCC1(CC)Oc2ccc(O)cc2N(C(C)C(=O)O)C1=O. The van der Waals surface area contributed by atoms with E-state index in [4.69, 9.17) is 4.74 Å². The van der Waals surface area contributed by atoms with Crippen molar-refractivity contribution in [2.45, 2.75) is 45.3 Å². The molecule has 2 N–H and O–H groups in total. The summed E-state index contributed by atoms with van der Waals surface area (Å²) in [4.78, 5) is 25.3. The number of hydrogen-bond acceptors (Lipinski definition) is 4. The van der Waals surface area contributed by atoms with Gasteiger partial charge in [-0.15, -0.1) is 0 Å². The lowest BCUT2D eigenvalue weighted by atomic mass is 9.92. The smallest absolute Gasteiger partial charge is 0.326 e. The van der Waals surface area contributed by atoms with Crippen molar-refractivity contribution in [3.05, 3.63) is 18.2 Å². The first-order chi connectivity index (χ1) is 9.86. The number of nitrogens with zero attached hydrogens (tertiary/aromatic N) is 1. The molecule has 114 valence electrons. The second-order valence-corrected chi connectivity index (χ2v) is 5.14. The Hall–Kier alpha value is -2.24. The lowest BCUT2D eigenvalue weighted by Gasteiger charge is -2.43. The number of carbonyl (C=O) groups is 2. The summed E-state index contributed by atoms with van der Waals surface area (Å²) in [7, 11) is 0. The number of rotatable bonds is 4. The highest BCUT2D eigenvalue weighted by atomic mass is 16.5. The van der Waals surface area contributed by atoms with Gasteiger partial charge in [-0.1, -0.05) is 13.8 Å². The third-order valence-corrected chi connectivity index (χ3v) is 4.00. The summed E-state index contributed by atoms with van der Waals surface area (Å²) in [6.45, 7) is 5.10. The number of ether oxygens (including phenoxy) is 1. The van der Waals surface area contributed by atoms with Crippen molar-refractivity contribution < 1.29 is 24.5 Å². The third-order valence-electron chi connectivity index (χ3n) is 4.00. The molecule has 6 heteroatoms. The zero-order valence-electron chi connectivity index (χ0n) is 12.3. The van der Waals surface area contributed by atoms with Gasteiger partial charge >= 0.3 is 5.97 Å². The fraction of sp³-hybridized carbons (Fsp3) is 0.467. The molecule has 0 spiro atoms. The average Bonchev–Trinajstić information content (AvgIpc) is 2.46. The molecule has 0 saturated heterocycles. The van der Waals surface area contributed by atoms with E-state index in [2.05, 4.69) is 0 Å². The number of phenols is 1. The van der Waals surface area contributed by atoms with E-state index in [1.54, 1.807) is 6.07 Å². The maximum Gasteiger partial charge on any atom is 0.326 e. The molecule has 0 bridgehead atoms. The Kier molecular flexibility index (Phi) is 3.80. The number of hydrogen-bond donors (Lipinski definition) is 2. The number of benzene rings is 1. The van der Waals surface area contributed by atoms with Crippen molar-refractivity contribution in [1.82, 2.24) is 0 Å². The molecule has 1 heterocycles. The van der Waals surface area contributed by atoms with Gasteiger partial charge in [0, 0.05) is 6.07 Å². The van der Waals surface area contributed by atoms with E-state index in [0.717, 1.165) is 0 Å². The summed E-state index contributed by atoms with van der Waals surface area (Å²) < 4.78 is 5.85. The van der Waals surface area contributed by atoms with Gasteiger partial charge in [0.2, 0.25) is 0 Å². The molecule has 1 aliphatic heterocycles. The van der Waals surface area contributed by atoms with Crippen LogP contribution in [-0.4, -0.2) is 33.7 Å². The molecule has 1 aromatic carbocycles. The first-order valence-electron chi connectivity index (χ1n) is 6.94. The summed E-state index contributed by atoms with van der Waals surface area (Å²) in [5, 5.41) is 18.9. The Bertz CT molecular complexity index is 579. The standard InChI is InChI=1S/C15H19NO5/c1-4-15(5-2)14(20)16(9(3)13(18)19)11-8-10(17)6-7-12(11)21-15/h6-9,17H,4-5H2,1-3H3,(H,18,19). The molecule has 0 radical (unpaired) electrons. The van der Waals surface area contributed by atoms with Crippen molar-refractivity contribution in [2.75, 3.05) is 4.90 Å². The number of aromatic hydroxyl groups is 1. The maximum atomic E-state index is 12.8. The van der Waals surface area contributed by atoms with E-state index < -0.39 is 17.6 Å². The van der Waals surface area contributed by atoms with E-state index in [1.807, 2.05) is 13.8 Å². The van der Waals surface area contributed by atoms with Crippen LogP contribution in [0.3, 0.4) is 0 Å². The third kappa shape index (κ3) is 2.30. The number of phenolic OH excluding ortho intramolecular Hbond substituents is 1. The molecule has 6 nitrogen and oxygen atoms in total. The average molecular weight is 293 g/mol. The molecule has 1 unspecified atom stereocenters. The molecule has 1 aliphatic rings. The van der Waals surface area contributed by atoms with Crippen molar-refractivity contribution in [1.29, 1.82) is 0 Å². The zero-order valence-corrected chi connectivity index (χ0v) is 12.3. The Labute approximate surface area is 122 Å². The molecule has 1 aromatic rings. The van der Waals surface area contributed by atoms with Gasteiger partial charge < -0.3 is 14.9 Å². The van der Waals surface area contributed by atoms with Crippen LogP contribution in [0.25, 0.3) is 0 Å². The van der Waals surface area contributed by atoms with Gasteiger partial charge in [0.1, 0.15) is 17.5 Å². The van der Waals surface area contributed by atoms with Gasteiger partial charge in [-0.2, -0.15) is 0 Å². The van der Waals surface area contributed by atoms with E-state index in [9.17, 15) is 19.8 Å². The fourth-order valence-corrected chi connectivity index (χ4v) is 2.56. The van der Waals surface area contributed by atoms with Gasteiger partial charge in [0.25, 0.3) is 5.91 Å². The highest BCUT2D eigenvalue weighted by molar-refractivity contribution is 6.06. The van der Waals surface area contributed by atoms with Crippen LogP contribution in [0.5, 0.6) is 11.5 Å². The molecular weight excluding hydrogens is 274 g/mol. The zero-order chi connectivity index (χ0) is 15.8. The minimum atomic E-state index is -1.11. The molecule has 21 heavy (non-hydrogen) atoms. The minimum Gasteiger partial charge on any atom is -0.508 e. The van der Waals surface area contributed by atoms with Gasteiger partial charge in [0.15, 0.2) is 5.60 Å². The number of carbonyl (C=O) groups excluding carboxylic acids is 1. The molecular formula is C15H19NO5. The molecule has 0 aromatic heterocycles. The monoisotopic (exact) mass is 293 g/mol. The van der Waals surface area contributed by atoms with Gasteiger partial charge in [-0.3, -0.25) is 9.69 Å². The Morgan fingerprint density at radius 1 is 1.38 bits per heavy atom. The molecule has 1 amide bonds. The molecule has 2 rings (SSSR count). The first-order valence-corrected chi connectivity index (χ1v) is 6.94. The van der Waals surface area contributed by atoms with E-state index in [-0.39, 0.29) is 17.3 Å². The molecule has 1 atom stereocenters. The van der Waals surface area contributed by atoms with Gasteiger partial charge in [0.05, 0.1) is 5.69 Å². The van der Waals surface area contributed by atoms with Crippen molar-refractivity contribution in [2.24, 2.45) is 0 Å². The van der Waals surface area contributed by atoms with E-state index >= 15 is 0 Å². The number of anilines is 1. The predicted molar refractivity (Wildman–Crippen MR) is 76.6 cm³/mol. The predicted octanol–water partition coefficient (Wildman–Crippen LogP) is 2.15. The number of aliphatic carboxylic acids is 1. The second kappa shape index (κ2) is 5.27. The highest BCUT2D eigenvalue weighted by Crippen LogP contribution is 2.43. The Balaban J connectivity index is 2.63. The topological polar surface area (TPSA) is 87.1 Å². The lowest BCUT2D eigenvalue weighted by molar-refractivity contribution is -0.144. The maximum absolute atomic E-state index is 12.8. The van der Waals surface area contributed by atoms with Gasteiger partial charge in [-0.25, -0.2) is 4.79 Å². The van der Waals surface area contributed by atoms with Gasteiger partial charge in [-0.05, 0) is 31.9 Å². The second-order valence-electron chi connectivity index (χ2n) is 5.14. The van der Waals surface area contributed by atoms with E-state index in [1.165, 1.54) is 24.0 Å². The first kappa shape index (κ1) is 15.2. The molecule has 0 saturated carbocycles. The van der Waals surface area contributed by atoms with Crippen LogP contribution in [0.2, 0.25) is 0 Å². The van der Waals surface area contributed by atoms with Crippen LogP contribution >= 0.6 is 0 Å². The Morgan fingerprint density at radius 3 is 2.52 bits per heavy atom. The highest BCUT2D eigenvalue weighted by Gasteiger charge is 2.48. The van der Waals surface area contributed by atoms with Crippen molar-refractivity contribution in [3.63, 3.8) is 0 Å². The lowest BCUT2D eigenvalue weighted by Crippen LogP contribution is -2.59. The number of carboxylic acid groups (broad SMARTS) is 1. The summed E-state index contributed by atoms with van der Waals surface area (Å²) in [5.74, 6) is -1.14. The van der Waals surface area contributed by atoms with E-state index in [0.29, 0.717) is 18.6 Å². The molecule has 0 fully saturated rings. The van der Waals surface area contributed by atoms with Crippen molar-refractivity contribution >= 4 is 17.6 Å². The fourth-order valence-electron chi connectivity index (χ4n) is 2.56. The number of carboxylic acids is 1. The largest absolute Gasteiger partial charge is 0.508 e. The van der Waals surface area contributed by atoms with Crippen LogP contribution in [0.4, 0.5) is 5.69 Å². The molecule has 0 aliphatic carbocycles. The quantitative estimate of drug-likeness (QED) is 0.888. The Morgan fingerprint density at radius 2 is 2.00 bits per heavy atom. The number of fused-ring (bicyclic) bond motifs is 1. The normalized spacial score (nSPS) is 17.9. The number of amides is 1. The summed E-state index contributed by atoms with van der Waals surface area (Å²) >= 11 is 0. The summed E-state index contributed by atoms with van der Waals surface area (Å²) in [6.07, 6.45) is 0.872. The van der Waals surface area contributed by atoms with Crippen LogP contribution in [0, 0.1) is 0 Å². The van der Waals surface area contributed by atoms with Crippen LogP contribution < -0.4 is 9.64 Å². The minimum absolute atomic E-state index is 0.0479. The van der Waals surface area contributed by atoms with Crippen LogP contribution in [-0.2, 0) is 9.59 Å². The van der Waals surface area contributed by atoms with Crippen LogP contribution in [0.15, 0.2) is 18.2 Å². The van der Waals surface area contributed by atoms with Crippen molar-refractivity contribution in [3.8, 4) is 11.5 Å².